The molecule has 2 saturated heterocycles. The molecule has 0 spiro atoms. The van der Waals surface area contributed by atoms with Crippen LogP contribution < -0.4 is 5.32 Å². The van der Waals surface area contributed by atoms with Gasteiger partial charge < -0.3 is 5.32 Å². The van der Waals surface area contributed by atoms with E-state index >= 15 is 0 Å². The molecule has 3 rings (SSSR count). The van der Waals surface area contributed by atoms with Crippen LogP contribution in [0.5, 0.6) is 0 Å². The van der Waals surface area contributed by atoms with Gasteiger partial charge in [0.05, 0.1) is 11.7 Å². The normalized spacial score (nSPS) is 25.4. The van der Waals surface area contributed by atoms with Crippen molar-refractivity contribution in [2.45, 2.75) is 38.1 Å². The third-order valence-corrected chi connectivity index (χ3v) is 4.77. The lowest BCUT2D eigenvalue weighted by Gasteiger charge is -2.38. The van der Waals surface area contributed by atoms with Crippen molar-refractivity contribution in [3.05, 3.63) is 18.0 Å². The lowest BCUT2D eigenvalue weighted by Crippen LogP contribution is -2.40. The van der Waals surface area contributed by atoms with Crippen molar-refractivity contribution in [3.8, 4) is 0 Å². The summed E-state index contributed by atoms with van der Waals surface area (Å²) in [5.41, 5.74) is 1.40. The average molecular weight is 299 g/mol. The van der Waals surface area contributed by atoms with E-state index in [0.717, 1.165) is 5.92 Å². The highest BCUT2D eigenvalue weighted by Gasteiger charge is 2.28. The Morgan fingerprint density at radius 3 is 2.75 bits per heavy atom. The zero-order chi connectivity index (χ0) is 13.1. The summed E-state index contributed by atoms with van der Waals surface area (Å²) < 4.78 is 2.06. The van der Waals surface area contributed by atoms with E-state index < -0.39 is 0 Å². The Labute approximate surface area is 128 Å². The molecule has 5 heteroatoms. The summed E-state index contributed by atoms with van der Waals surface area (Å²) in [4.78, 5) is 2.72. The maximum absolute atomic E-state index is 4.35. The predicted octanol–water partition coefficient (Wildman–Crippen LogP) is 2.37. The highest BCUT2D eigenvalue weighted by atomic mass is 35.5. The minimum Gasteiger partial charge on any atom is -0.317 e. The SMILES string of the molecule is Cl.Cn1nccc1C1CCCCN1CC1CCNCC1. The number of halogens is 1. The van der Waals surface area contributed by atoms with Gasteiger partial charge >= 0.3 is 0 Å². The second-order valence-electron chi connectivity index (χ2n) is 6.08. The van der Waals surface area contributed by atoms with Gasteiger partial charge in [-0.1, -0.05) is 6.42 Å². The zero-order valence-corrected chi connectivity index (χ0v) is 13.2. The number of aromatic nitrogens is 2. The van der Waals surface area contributed by atoms with Crippen molar-refractivity contribution in [1.29, 1.82) is 0 Å². The van der Waals surface area contributed by atoms with Crippen molar-refractivity contribution in [3.63, 3.8) is 0 Å². The van der Waals surface area contributed by atoms with Gasteiger partial charge in [-0.3, -0.25) is 9.58 Å². The van der Waals surface area contributed by atoms with Crippen LogP contribution in [0.2, 0.25) is 0 Å². The van der Waals surface area contributed by atoms with Crippen LogP contribution in [0.3, 0.4) is 0 Å². The molecule has 2 aliphatic rings. The summed E-state index contributed by atoms with van der Waals surface area (Å²) in [5.74, 6) is 0.884. The minimum absolute atomic E-state index is 0. The first-order valence-electron chi connectivity index (χ1n) is 7.77. The van der Waals surface area contributed by atoms with Gasteiger partial charge in [0.2, 0.25) is 0 Å². The maximum Gasteiger partial charge on any atom is 0.0552 e. The molecule has 114 valence electrons. The van der Waals surface area contributed by atoms with Crippen molar-refractivity contribution in [1.82, 2.24) is 20.0 Å². The summed E-state index contributed by atoms with van der Waals surface area (Å²) in [6.45, 7) is 4.95. The Balaban J connectivity index is 0.00000147. The third kappa shape index (κ3) is 3.54. The van der Waals surface area contributed by atoms with E-state index in [1.165, 1.54) is 64.0 Å². The van der Waals surface area contributed by atoms with Crippen molar-refractivity contribution in [2.75, 3.05) is 26.2 Å². The molecule has 0 aromatic carbocycles. The van der Waals surface area contributed by atoms with Crippen LogP contribution in [-0.2, 0) is 7.05 Å². The van der Waals surface area contributed by atoms with Gasteiger partial charge in [0, 0.05) is 19.8 Å². The quantitative estimate of drug-likeness (QED) is 0.930. The van der Waals surface area contributed by atoms with E-state index in [2.05, 4.69) is 33.1 Å². The fourth-order valence-corrected chi connectivity index (χ4v) is 3.65. The Bertz CT molecular complexity index is 400. The first kappa shape index (κ1) is 15.8. The molecule has 20 heavy (non-hydrogen) atoms. The number of nitrogens with one attached hydrogen (secondary N) is 1. The molecule has 1 aromatic rings. The van der Waals surface area contributed by atoms with Gasteiger partial charge in [-0.2, -0.15) is 5.10 Å². The molecule has 1 N–H and O–H groups in total. The second kappa shape index (κ2) is 7.43. The van der Waals surface area contributed by atoms with Gasteiger partial charge in [0.15, 0.2) is 0 Å². The van der Waals surface area contributed by atoms with Gasteiger partial charge in [0.25, 0.3) is 0 Å². The van der Waals surface area contributed by atoms with Gasteiger partial charge in [-0.15, -0.1) is 12.4 Å². The highest BCUT2D eigenvalue weighted by Crippen LogP contribution is 2.32. The first-order chi connectivity index (χ1) is 9.34. The number of nitrogens with zero attached hydrogens (tertiary/aromatic N) is 3. The Morgan fingerprint density at radius 2 is 2.05 bits per heavy atom. The molecule has 0 saturated carbocycles. The van der Waals surface area contributed by atoms with E-state index in [9.17, 15) is 0 Å². The van der Waals surface area contributed by atoms with E-state index in [4.69, 9.17) is 0 Å². The smallest absolute Gasteiger partial charge is 0.0552 e. The number of aryl methyl sites for hydroxylation is 1. The molecule has 1 unspecified atom stereocenters. The summed E-state index contributed by atoms with van der Waals surface area (Å²) >= 11 is 0. The molecule has 0 aliphatic carbocycles. The van der Waals surface area contributed by atoms with E-state index in [1.807, 2.05) is 6.20 Å². The standard InChI is InChI=1S/C15H26N4.ClH/c1-18-14(7-10-17-18)15-4-2-3-11-19(15)12-13-5-8-16-9-6-13;/h7,10,13,15-16H,2-6,8-9,11-12H2,1H3;1H. The number of piperidine rings is 2. The topological polar surface area (TPSA) is 33.1 Å². The molecule has 3 heterocycles. The summed E-state index contributed by atoms with van der Waals surface area (Å²) in [7, 11) is 2.08. The summed E-state index contributed by atoms with van der Waals surface area (Å²) in [6.07, 6.45) is 8.64. The third-order valence-electron chi connectivity index (χ3n) is 4.77. The van der Waals surface area contributed by atoms with Crippen molar-refractivity contribution < 1.29 is 0 Å². The van der Waals surface area contributed by atoms with Crippen LogP contribution in [0.1, 0.15) is 43.8 Å². The molecule has 1 aromatic heterocycles. The lowest BCUT2D eigenvalue weighted by atomic mass is 9.93. The van der Waals surface area contributed by atoms with Crippen LogP contribution in [0.15, 0.2) is 12.3 Å². The molecule has 2 aliphatic heterocycles. The van der Waals surface area contributed by atoms with Gasteiger partial charge in [0.1, 0.15) is 0 Å². The Hall–Kier alpha value is -0.580. The number of rotatable bonds is 3. The Morgan fingerprint density at radius 1 is 1.25 bits per heavy atom. The minimum atomic E-state index is 0. The van der Waals surface area contributed by atoms with Crippen LogP contribution in [0.25, 0.3) is 0 Å². The van der Waals surface area contributed by atoms with Crippen LogP contribution >= 0.6 is 12.4 Å². The molecular weight excluding hydrogens is 272 g/mol. The van der Waals surface area contributed by atoms with Crippen LogP contribution in [0, 0.1) is 5.92 Å². The van der Waals surface area contributed by atoms with Crippen LogP contribution in [0.4, 0.5) is 0 Å². The predicted molar refractivity (Wildman–Crippen MR) is 84.2 cm³/mol. The van der Waals surface area contributed by atoms with Crippen molar-refractivity contribution in [2.24, 2.45) is 13.0 Å². The number of hydrogen-bond donors (Lipinski definition) is 1. The van der Waals surface area contributed by atoms with Gasteiger partial charge in [-0.25, -0.2) is 0 Å². The monoisotopic (exact) mass is 298 g/mol. The largest absolute Gasteiger partial charge is 0.317 e. The fraction of sp³-hybridized carbons (Fsp3) is 0.800. The van der Waals surface area contributed by atoms with Crippen LogP contribution in [-0.4, -0.2) is 40.9 Å². The molecular formula is C15H27ClN4. The molecule has 1 atom stereocenters. The second-order valence-corrected chi connectivity index (χ2v) is 6.08. The summed E-state index contributed by atoms with van der Waals surface area (Å²) in [5, 5.41) is 7.82. The lowest BCUT2D eigenvalue weighted by molar-refractivity contribution is 0.110. The summed E-state index contributed by atoms with van der Waals surface area (Å²) in [6, 6.07) is 2.79. The highest BCUT2D eigenvalue weighted by molar-refractivity contribution is 5.85. The molecule has 4 nitrogen and oxygen atoms in total. The molecule has 0 radical (unpaired) electrons. The number of likely N-dealkylation sites (tertiary alicyclic amines) is 1. The first-order valence-corrected chi connectivity index (χ1v) is 7.77. The van der Waals surface area contributed by atoms with E-state index in [0.29, 0.717) is 6.04 Å². The number of hydrogen-bond acceptors (Lipinski definition) is 3. The fourth-order valence-electron chi connectivity index (χ4n) is 3.65. The Kier molecular flexibility index (Phi) is 5.87. The van der Waals surface area contributed by atoms with Gasteiger partial charge in [-0.05, 0) is 57.3 Å². The molecule has 0 bridgehead atoms. The van der Waals surface area contributed by atoms with E-state index in [1.54, 1.807) is 0 Å². The van der Waals surface area contributed by atoms with Crippen molar-refractivity contribution >= 4 is 12.4 Å². The van der Waals surface area contributed by atoms with E-state index in [-0.39, 0.29) is 12.4 Å². The average Bonchev–Trinajstić information content (AvgIpc) is 2.87. The molecule has 2 fully saturated rings. The molecule has 0 amide bonds. The maximum atomic E-state index is 4.35. The zero-order valence-electron chi connectivity index (χ0n) is 12.4.